The number of carbonyl (C=O) groups excluding carboxylic acids is 2. The maximum atomic E-state index is 13.3. The highest BCUT2D eigenvalue weighted by atomic mass is 16.6. The van der Waals surface area contributed by atoms with Crippen LogP contribution in [0.25, 0.3) is 10.9 Å². The second-order valence-electron chi connectivity index (χ2n) is 7.62. The summed E-state index contributed by atoms with van der Waals surface area (Å²) in [7, 11) is 0. The third kappa shape index (κ3) is 2.50. The average Bonchev–Trinajstić information content (AvgIpc) is 2.99. The van der Waals surface area contributed by atoms with E-state index in [0.717, 1.165) is 34.9 Å². The maximum Gasteiger partial charge on any atom is 0.339 e. The first-order valence-electron chi connectivity index (χ1n) is 9.55. The highest BCUT2D eigenvalue weighted by Gasteiger charge is 2.48. The second kappa shape index (κ2) is 6.16. The van der Waals surface area contributed by atoms with Gasteiger partial charge < -0.3 is 9.64 Å². The van der Waals surface area contributed by atoms with E-state index >= 15 is 0 Å². The normalized spacial score (nSPS) is 21.0. The summed E-state index contributed by atoms with van der Waals surface area (Å²) in [5.41, 5.74) is 3.40. The molecule has 1 aromatic heterocycles. The third-order valence-corrected chi connectivity index (χ3v) is 5.87. The first kappa shape index (κ1) is 16.9. The van der Waals surface area contributed by atoms with E-state index in [-0.39, 0.29) is 11.9 Å². The molecule has 1 saturated heterocycles. The lowest BCUT2D eigenvalue weighted by atomic mass is 9.85. The zero-order chi connectivity index (χ0) is 19.3. The minimum atomic E-state index is -0.726. The number of pyridine rings is 1. The number of ether oxygens (including phenoxy) is 1. The van der Waals surface area contributed by atoms with Crippen molar-refractivity contribution in [3.8, 4) is 0 Å². The maximum absolute atomic E-state index is 13.3. The molecule has 5 rings (SSSR count). The highest BCUT2D eigenvalue weighted by Crippen LogP contribution is 2.43. The molecule has 1 unspecified atom stereocenters. The molecule has 3 heterocycles. The molecule has 1 fully saturated rings. The van der Waals surface area contributed by atoms with Crippen LogP contribution >= 0.6 is 0 Å². The van der Waals surface area contributed by atoms with Crippen molar-refractivity contribution < 1.29 is 14.3 Å². The molecule has 5 heteroatoms. The Labute approximate surface area is 162 Å². The molecule has 0 saturated carbocycles. The smallest absolute Gasteiger partial charge is 0.339 e. The third-order valence-electron chi connectivity index (χ3n) is 5.87. The van der Waals surface area contributed by atoms with Gasteiger partial charge >= 0.3 is 5.97 Å². The Morgan fingerprint density at radius 2 is 2.04 bits per heavy atom. The van der Waals surface area contributed by atoms with Crippen LogP contribution in [0.5, 0.6) is 0 Å². The number of carbonyl (C=O) groups is 2. The number of aryl methyl sites for hydroxylation is 1. The van der Waals surface area contributed by atoms with E-state index < -0.39 is 5.60 Å². The number of hydrogen-bond donors (Lipinski definition) is 0. The molecule has 1 spiro atoms. The summed E-state index contributed by atoms with van der Waals surface area (Å²) in [6, 6.07) is 15.1. The van der Waals surface area contributed by atoms with Crippen LogP contribution in [0.1, 0.15) is 44.7 Å². The number of piperidine rings is 1. The lowest BCUT2D eigenvalue weighted by Crippen LogP contribution is -2.48. The molecule has 2 aromatic carbocycles. The monoisotopic (exact) mass is 372 g/mol. The van der Waals surface area contributed by atoms with Gasteiger partial charge in [-0.2, -0.15) is 0 Å². The van der Waals surface area contributed by atoms with Crippen LogP contribution in [0.4, 0.5) is 0 Å². The van der Waals surface area contributed by atoms with Crippen molar-refractivity contribution in [1.82, 2.24) is 9.88 Å². The van der Waals surface area contributed by atoms with Gasteiger partial charge in [0, 0.05) is 29.3 Å². The van der Waals surface area contributed by atoms with Gasteiger partial charge in [0.2, 0.25) is 0 Å². The molecule has 5 nitrogen and oxygen atoms in total. The van der Waals surface area contributed by atoms with E-state index in [9.17, 15) is 9.59 Å². The first-order chi connectivity index (χ1) is 13.6. The molecule has 0 aliphatic carbocycles. The van der Waals surface area contributed by atoms with Gasteiger partial charge in [0.05, 0.1) is 17.6 Å². The Balaban J connectivity index is 1.49. The van der Waals surface area contributed by atoms with E-state index in [1.807, 2.05) is 54.3 Å². The van der Waals surface area contributed by atoms with Crippen LogP contribution in [-0.2, 0) is 10.3 Å². The van der Waals surface area contributed by atoms with Crippen molar-refractivity contribution in [2.75, 3.05) is 13.1 Å². The fourth-order valence-corrected chi connectivity index (χ4v) is 4.44. The Hall–Kier alpha value is -3.21. The summed E-state index contributed by atoms with van der Waals surface area (Å²) < 4.78 is 5.82. The fraction of sp³-hybridized carbons (Fsp3) is 0.261. The number of rotatable bonds is 1. The Morgan fingerprint density at radius 1 is 1.18 bits per heavy atom. The first-order valence-corrected chi connectivity index (χ1v) is 9.55. The van der Waals surface area contributed by atoms with Gasteiger partial charge in [0.25, 0.3) is 5.91 Å². The van der Waals surface area contributed by atoms with Crippen LogP contribution in [0.2, 0.25) is 0 Å². The van der Waals surface area contributed by atoms with Crippen LogP contribution in [-0.4, -0.2) is 34.8 Å². The van der Waals surface area contributed by atoms with Gasteiger partial charge in [-0.05, 0) is 55.7 Å². The summed E-state index contributed by atoms with van der Waals surface area (Å²) in [6.45, 7) is 3.06. The number of hydrogen-bond acceptors (Lipinski definition) is 4. The highest BCUT2D eigenvalue weighted by molar-refractivity contribution is 5.99. The summed E-state index contributed by atoms with van der Waals surface area (Å²) in [4.78, 5) is 31.8. The Morgan fingerprint density at radius 3 is 2.93 bits per heavy atom. The van der Waals surface area contributed by atoms with Crippen molar-refractivity contribution >= 4 is 22.8 Å². The standard InChI is InChI=1S/C23H20N2O3/c1-15-9-11-24-20-8-7-16(13-18(15)20)21(26)25-12-4-10-23(14-25)19-6-3-2-5-17(19)22(27)28-23/h2-3,5-9,11,13H,4,10,12,14H2,1H3. The molecule has 2 aliphatic heterocycles. The van der Waals surface area contributed by atoms with Gasteiger partial charge in [0.1, 0.15) is 0 Å². The minimum absolute atomic E-state index is 0.0374. The number of aromatic nitrogens is 1. The van der Waals surface area contributed by atoms with Gasteiger partial charge in [-0.25, -0.2) is 4.79 Å². The summed E-state index contributed by atoms with van der Waals surface area (Å²) >= 11 is 0. The Bertz CT molecular complexity index is 1120. The molecule has 1 amide bonds. The topological polar surface area (TPSA) is 59.5 Å². The Kier molecular flexibility index (Phi) is 3.72. The SMILES string of the molecule is Cc1ccnc2ccc(C(=O)N3CCCC4(C3)OC(=O)c3ccccc34)cc12. The molecule has 1 atom stereocenters. The predicted octanol–water partition coefficient (Wildman–Crippen LogP) is 3.85. The molecular weight excluding hydrogens is 352 g/mol. The lowest BCUT2D eigenvalue weighted by molar-refractivity contribution is -0.0442. The summed E-state index contributed by atoms with van der Waals surface area (Å²) in [6.07, 6.45) is 3.31. The fourth-order valence-electron chi connectivity index (χ4n) is 4.44. The largest absolute Gasteiger partial charge is 0.449 e. The van der Waals surface area contributed by atoms with Crippen molar-refractivity contribution in [1.29, 1.82) is 0 Å². The lowest BCUT2D eigenvalue weighted by Gasteiger charge is -2.39. The quantitative estimate of drug-likeness (QED) is 0.609. The number of fused-ring (bicyclic) bond motifs is 3. The summed E-state index contributed by atoms with van der Waals surface area (Å²) in [5, 5.41) is 0.984. The van der Waals surface area contributed by atoms with Crippen LogP contribution in [0.15, 0.2) is 54.7 Å². The van der Waals surface area contributed by atoms with E-state index in [2.05, 4.69) is 4.98 Å². The molecule has 140 valence electrons. The number of esters is 1. The molecule has 2 aliphatic rings. The van der Waals surface area contributed by atoms with Gasteiger partial charge in [-0.1, -0.05) is 18.2 Å². The zero-order valence-electron chi connectivity index (χ0n) is 15.6. The van der Waals surface area contributed by atoms with E-state index in [4.69, 9.17) is 4.74 Å². The van der Waals surface area contributed by atoms with Crippen LogP contribution in [0, 0.1) is 6.92 Å². The van der Waals surface area contributed by atoms with E-state index in [0.29, 0.717) is 24.2 Å². The van der Waals surface area contributed by atoms with E-state index in [1.54, 1.807) is 12.3 Å². The molecule has 28 heavy (non-hydrogen) atoms. The van der Waals surface area contributed by atoms with Crippen molar-refractivity contribution in [2.24, 2.45) is 0 Å². The van der Waals surface area contributed by atoms with Crippen molar-refractivity contribution in [3.63, 3.8) is 0 Å². The molecule has 3 aromatic rings. The summed E-state index contributed by atoms with van der Waals surface area (Å²) in [5.74, 6) is -0.332. The van der Waals surface area contributed by atoms with Crippen LogP contribution in [0.3, 0.4) is 0 Å². The van der Waals surface area contributed by atoms with Crippen LogP contribution < -0.4 is 0 Å². The second-order valence-corrected chi connectivity index (χ2v) is 7.62. The minimum Gasteiger partial charge on any atom is -0.449 e. The van der Waals surface area contributed by atoms with Crippen molar-refractivity contribution in [2.45, 2.75) is 25.4 Å². The van der Waals surface area contributed by atoms with Gasteiger partial charge in [-0.15, -0.1) is 0 Å². The molecular formula is C23H20N2O3. The molecule has 0 radical (unpaired) electrons. The number of likely N-dealkylation sites (tertiary alicyclic amines) is 1. The predicted molar refractivity (Wildman–Crippen MR) is 105 cm³/mol. The van der Waals surface area contributed by atoms with Gasteiger partial charge in [0.15, 0.2) is 5.60 Å². The zero-order valence-corrected chi connectivity index (χ0v) is 15.6. The number of nitrogens with zero attached hydrogens (tertiary/aromatic N) is 2. The molecule has 0 N–H and O–H groups in total. The van der Waals surface area contributed by atoms with Gasteiger partial charge in [-0.3, -0.25) is 9.78 Å². The molecule has 0 bridgehead atoms. The average molecular weight is 372 g/mol. The number of benzene rings is 2. The number of amides is 1. The van der Waals surface area contributed by atoms with E-state index in [1.165, 1.54) is 0 Å². The van der Waals surface area contributed by atoms with Crippen molar-refractivity contribution in [3.05, 3.63) is 77.0 Å².